The van der Waals surface area contributed by atoms with Crippen molar-refractivity contribution in [3.05, 3.63) is 262 Å². The summed E-state index contributed by atoms with van der Waals surface area (Å²) >= 11 is 0. The quantitative estimate of drug-likeness (QED) is 0.174. The molecule has 4 heteroatoms. The zero-order chi connectivity index (χ0) is 42.2. The molecule has 14 rings (SSSR count). The summed E-state index contributed by atoms with van der Waals surface area (Å²) in [5, 5.41) is 0. The van der Waals surface area contributed by atoms with E-state index < -0.39 is 0 Å². The summed E-state index contributed by atoms with van der Waals surface area (Å²) < 4.78 is 25.7. The van der Waals surface area contributed by atoms with Crippen LogP contribution in [0.5, 0.6) is 23.0 Å². The summed E-state index contributed by atoms with van der Waals surface area (Å²) in [7, 11) is 0. The van der Waals surface area contributed by atoms with Crippen LogP contribution in [-0.2, 0) is 10.8 Å². The molecule has 312 valence electrons. The zero-order valence-corrected chi connectivity index (χ0v) is 35.6. The van der Waals surface area contributed by atoms with Gasteiger partial charge in [0, 0.05) is 35.5 Å². The number of para-hydroxylation sites is 4. The summed E-state index contributed by atoms with van der Waals surface area (Å²) in [6.45, 7) is 2.70. The fourth-order valence-electron chi connectivity index (χ4n) is 13.2. The zero-order valence-electron chi connectivity index (χ0n) is 35.6. The molecule has 0 aromatic heterocycles. The molecular formula is C60H48O4. The van der Waals surface area contributed by atoms with Crippen LogP contribution in [0.25, 0.3) is 0 Å². The summed E-state index contributed by atoms with van der Waals surface area (Å²) in [6, 6.07) is 74.5. The second-order valence-corrected chi connectivity index (χ2v) is 18.4. The number of rotatable bonds is 2. The normalized spacial score (nSPS) is 26.8. The lowest BCUT2D eigenvalue weighted by Gasteiger charge is -2.56. The van der Waals surface area contributed by atoms with Crippen LogP contribution in [0.1, 0.15) is 91.1 Å². The fraction of sp³-hybridized carbons (Fsp3) is 0.200. The highest BCUT2D eigenvalue weighted by atomic mass is 16.5. The van der Waals surface area contributed by atoms with Gasteiger partial charge in [-0.15, -0.1) is 0 Å². The molecule has 0 N–H and O–H groups in total. The smallest absolute Gasteiger partial charge is 0.122 e. The Bertz CT molecular complexity index is 2830. The van der Waals surface area contributed by atoms with Crippen molar-refractivity contribution in [1.82, 2.24) is 0 Å². The molecule has 64 heavy (non-hydrogen) atoms. The molecule has 0 saturated carbocycles. The van der Waals surface area contributed by atoms with Crippen LogP contribution in [0.3, 0.4) is 0 Å². The lowest BCUT2D eigenvalue weighted by molar-refractivity contribution is 0.125. The highest BCUT2D eigenvalue weighted by Crippen LogP contribution is 2.67. The molecule has 4 nitrogen and oxygen atoms in total. The van der Waals surface area contributed by atoms with Gasteiger partial charge in [-0.3, -0.25) is 0 Å². The Morgan fingerprint density at radius 2 is 0.609 bits per heavy atom. The molecule has 0 fully saturated rings. The third kappa shape index (κ3) is 5.35. The first-order valence-electron chi connectivity index (χ1n) is 22.9. The van der Waals surface area contributed by atoms with Crippen LogP contribution in [0.4, 0.5) is 0 Å². The maximum atomic E-state index is 6.54. The van der Waals surface area contributed by atoms with Crippen molar-refractivity contribution in [3.8, 4) is 23.0 Å². The molecule has 6 aliphatic rings. The summed E-state index contributed by atoms with van der Waals surface area (Å²) in [5.41, 5.74) is 13.0. The molecule has 8 aromatic rings. The van der Waals surface area contributed by atoms with Crippen molar-refractivity contribution in [2.75, 3.05) is 26.4 Å². The second kappa shape index (κ2) is 14.8. The maximum absolute atomic E-state index is 6.54. The molecule has 8 aromatic carbocycles. The van der Waals surface area contributed by atoms with Crippen molar-refractivity contribution in [2.45, 2.75) is 46.3 Å². The van der Waals surface area contributed by atoms with E-state index in [1.54, 1.807) is 0 Å². The number of fused-ring (bicyclic) bond motifs is 20. The Morgan fingerprint density at radius 3 is 1.02 bits per heavy atom. The van der Waals surface area contributed by atoms with Crippen molar-refractivity contribution in [1.29, 1.82) is 0 Å². The predicted molar refractivity (Wildman–Crippen MR) is 252 cm³/mol. The topological polar surface area (TPSA) is 36.9 Å². The molecule has 2 aliphatic carbocycles. The van der Waals surface area contributed by atoms with E-state index in [0.29, 0.717) is 50.1 Å². The fourth-order valence-corrected chi connectivity index (χ4v) is 13.2. The van der Waals surface area contributed by atoms with Crippen LogP contribution < -0.4 is 18.9 Å². The van der Waals surface area contributed by atoms with Gasteiger partial charge in [0.05, 0.1) is 24.0 Å². The van der Waals surface area contributed by atoms with Gasteiger partial charge in [0.1, 0.15) is 36.2 Å². The molecule has 4 heterocycles. The largest absolute Gasteiger partial charge is 0.493 e. The number of hydrogen-bond acceptors (Lipinski definition) is 4. The van der Waals surface area contributed by atoms with Crippen molar-refractivity contribution in [2.24, 2.45) is 0 Å². The Morgan fingerprint density at radius 1 is 0.297 bits per heavy atom. The Hall–Kier alpha value is -7.04. The van der Waals surface area contributed by atoms with Crippen LogP contribution in [0.2, 0.25) is 0 Å². The van der Waals surface area contributed by atoms with E-state index in [1.807, 2.05) is 0 Å². The van der Waals surface area contributed by atoms with Gasteiger partial charge in [0.15, 0.2) is 0 Å². The van der Waals surface area contributed by atoms with Crippen LogP contribution >= 0.6 is 0 Å². The minimum Gasteiger partial charge on any atom is -0.493 e. The molecule has 6 unspecified atom stereocenters. The minimum atomic E-state index is -0.252. The third-order valence-corrected chi connectivity index (χ3v) is 15.7. The van der Waals surface area contributed by atoms with Gasteiger partial charge in [-0.2, -0.15) is 0 Å². The van der Waals surface area contributed by atoms with E-state index in [1.165, 1.54) is 55.6 Å². The van der Waals surface area contributed by atoms with E-state index in [-0.39, 0.29) is 22.7 Å². The monoisotopic (exact) mass is 832 g/mol. The SMILES string of the molecule is c1ccc(C23COc4ccccc4C2C2c4ccccc4OCC2c2ccccc23)cc1.c1ccc([C@@]23COc4ccccc4C2[C@@H]2c4ccccc4OCC2c2ccccc23)cc1. The van der Waals surface area contributed by atoms with Gasteiger partial charge in [-0.05, 0) is 79.9 Å². The number of ether oxygens (including phenoxy) is 4. The predicted octanol–water partition coefficient (Wildman–Crippen LogP) is 12.8. The second-order valence-electron chi connectivity index (χ2n) is 18.4. The van der Waals surface area contributed by atoms with Crippen LogP contribution in [0.15, 0.2) is 206 Å². The first-order valence-corrected chi connectivity index (χ1v) is 22.9. The van der Waals surface area contributed by atoms with Gasteiger partial charge >= 0.3 is 0 Å². The van der Waals surface area contributed by atoms with Crippen molar-refractivity contribution in [3.63, 3.8) is 0 Å². The van der Waals surface area contributed by atoms with Crippen molar-refractivity contribution >= 4 is 0 Å². The maximum Gasteiger partial charge on any atom is 0.122 e. The average Bonchev–Trinajstić information content (AvgIpc) is 3.38. The van der Waals surface area contributed by atoms with E-state index in [9.17, 15) is 0 Å². The van der Waals surface area contributed by atoms with E-state index >= 15 is 0 Å². The summed E-state index contributed by atoms with van der Waals surface area (Å²) in [5.74, 6) is 5.89. The molecule has 0 saturated heterocycles. The molecular weight excluding hydrogens is 785 g/mol. The Labute approximate surface area is 375 Å². The van der Waals surface area contributed by atoms with E-state index in [2.05, 4.69) is 206 Å². The lowest BCUT2D eigenvalue weighted by Crippen LogP contribution is -2.52. The molecule has 0 spiro atoms. The third-order valence-electron chi connectivity index (χ3n) is 15.7. The van der Waals surface area contributed by atoms with E-state index in [0.717, 1.165) is 23.0 Å². The average molecular weight is 833 g/mol. The number of benzene rings is 8. The van der Waals surface area contributed by atoms with Gasteiger partial charge < -0.3 is 18.9 Å². The molecule has 4 aliphatic heterocycles. The first-order chi connectivity index (χ1) is 31.8. The Kier molecular flexibility index (Phi) is 8.66. The van der Waals surface area contributed by atoms with Gasteiger partial charge in [0.25, 0.3) is 0 Å². The van der Waals surface area contributed by atoms with Gasteiger partial charge in [0.2, 0.25) is 0 Å². The standard InChI is InChI=1S/2C30H24O2/c2*1-2-10-20(11-3-1)30-19-32-27-17-9-6-14-23(27)29(30)28-22-13-5-8-16-26(22)31-18-24(28)21-12-4-7-15-25(21)30/h2*1-17,24,28-29H,18-19H2/t24?,28-,29?,30-;/m1./s1. The number of hydrogen-bond donors (Lipinski definition) is 0. The van der Waals surface area contributed by atoms with E-state index in [4.69, 9.17) is 18.9 Å². The van der Waals surface area contributed by atoms with Crippen LogP contribution in [0, 0.1) is 0 Å². The molecule has 0 amide bonds. The lowest BCUT2D eigenvalue weighted by atomic mass is 9.50. The molecule has 8 atom stereocenters. The van der Waals surface area contributed by atoms with Crippen molar-refractivity contribution < 1.29 is 18.9 Å². The molecule has 0 bridgehead atoms. The Balaban J connectivity index is 0.000000129. The van der Waals surface area contributed by atoms with Gasteiger partial charge in [-0.1, -0.05) is 182 Å². The summed E-state index contributed by atoms with van der Waals surface area (Å²) in [6.07, 6.45) is 0. The first kappa shape index (κ1) is 37.5. The highest BCUT2D eigenvalue weighted by Gasteiger charge is 2.60. The summed E-state index contributed by atoms with van der Waals surface area (Å²) in [4.78, 5) is 0. The minimum absolute atomic E-state index is 0.252. The van der Waals surface area contributed by atoms with Crippen LogP contribution in [-0.4, -0.2) is 26.4 Å². The molecule has 0 radical (unpaired) electrons. The highest BCUT2D eigenvalue weighted by molar-refractivity contribution is 5.63. The van der Waals surface area contributed by atoms with Gasteiger partial charge in [-0.25, -0.2) is 0 Å².